The monoisotopic (exact) mass is 478 g/mol. The summed E-state index contributed by atoms with van der Waals surface area (Å²) in [5, 5.41) is 23.3. The van der Waals surface area contributed by atoms with Crippen LogP contribution in [0.4, 0.5) is 14.9 Å². The van der Waals surface area contributed by atoms with E-state index >= 15 is 0 Å². The second kappa shape index (κ2) is 9.55. The Morgan fingerprint density at radius 2 is 1.60 bits per heavy atom. The van der Waals surface area contributed by atoms with Gasteiger partial charge in [0, 0.05) is 17.2 Å². The molecule has 35 heavy (non-hydrogen) atoms. The SMILES string of the molecule is CC(O)(CNC(=O)c1cc(F)cc(NC(=O)OCC2c3ccccc3-c3ccccc32)c1)C(=O)O. The number of rotatable bonds is 7. The van der Waals surface area contributed by atoms with Gasteiger partial charge in [-0.1, -0.05) is 48.5 Å². The summed E-state index contributed by atoms with van der Waals surface area (Å²) in [6.07, 6.45) is -0.822. The standard InChI is InChI=1S/C26H23FN2O6/c1-26(34,24(31)32)14-28-23(30)15-10-16(27)12-17(11-15)29-25(33)35-13-22-20-8-4-2-6-18(20)19-7-3-5-9-21(19)22/h2-12,22,34H,13-14H2,1H3,(H,28,30)(H,29,33)(H,31,32). The predicted molar refractivity (Wildman–Crippen MR) is 126 cm³/mol. The first-order valence-electron chi connectivity index (χ1n) is 10.8. The average molecular weight is 478 g/mol. The number of benzene rings is 3. The van der Waals surface area contributed by atoms with Gasteiger partial charge in [-0.2, -0.15) is 0 Å². The molecule has 0 aromatic heterocycles. The Morgan fingerprint density at radius 3 is 2.20 bits per heavy atom. The summed E-state index contributed by atoms with van der Waals surface area (Å²) in [7, 11) is 0. The lowest BCUT2D eigenvalue weighted by Gasteiger charge is -2.18. The minimum Gasteiger partial charge on any atom is -0.479 e. The smallest absolute Gasteiger partial charge is 0.411 e. The Labute approximate surface area is 200 Å². The number of carboxylic acid groups (broad SMARTS) is 1. The quantitative estimate of drug-likeness (QED) is 0.410. The van der Waals surface area contributed by atoms with E-state index in [1.807, 2.05) is 48.5 Å². The number of hydrogen-bond donors (Lipinski definition) is 4. The fourth-order valence-electron chi connectivity index (χ4n) is 3.98. The first kappa shape index (κ1) is 23.9. The lowest BCUT2D eigenvalue weighted by molar-refractivity contribution is -0.155. The number of nitrogens with one attached hydrogen (secondary N) is 2. The maximum atomic E-state index is 14.1. The van der Waals surface area contributed by atoms with E-state index in [0.29, 0.717) is 0 Å². The summed E-state index contributed by atoms with van der Waals surface area (Å²) in [6.45, 7) is 0.491. The van der Waals surface area contributed by atoms with Crippen LogP contribution >= 0.6 is 0 Å². The summed E-state index contributed by atoms with van der Waals surface area (Å²) < 4.78 is 19.5. The van der Waals surface area contributed by atoms with Crippen molar-refractivity contribution in [1.82, 2.24) is 5.32 Å². The van der Waals surface area contributed by atoms with E-state index in [0.717, 1.165) is 41.3 Å². The number of carbonyl (C=O) groups excluding carboxylic acids is 2. The highest BCUT2D eigenvalue weighted by Crippen LogP contribution is 2.44. The molecule has 0 saturated carbocycles. The van der Waals surface area contributed by atoms with Crippen LogP contribution in [0.5, 0.6) is 0 Å². The van der Waals surface area contributed by atoms with Crippen molar-refractivity contribution in [2.75, 3.05) is 18.5 Å². The Hall–Kier alpha value is -4.24. The summed E-state index contributed by atoms with van der Waals surface area (Å²) in [6, 6.07) is 18.9. The fourth-order valence-corrected chi connectivity index (χ4v) is 3.98. The van der Waals surface area contributed by atoms with Crippen LogP contribution in [0.25, 0.3) is 11.1 Å². The van der Waals surface area contributed by atoms with E-state index < -0.39 is 35.9 Å². The number of fused-ring (bicyclic) bond motifs is 3. The maximum Gasteiger partial charge on any atom is 0.411 e. The van der Waals surface area contributed by atoms with Crippen LogP contribution in [0.3, 0.4) is 0 Å². The van der Waals surface area contributed by atoms with E-state index in [1.165, 1.54) is 6.07 Å². The Morgan fingerprint density at radius 1 is 1.00 bits per heavy atom. The number of carbonyl (C=O) groups is 3. The normalized spacial score (nSPS) is 13.8. The molecule has 0 aliphatic heterocycles. The molecular weight excluding hydrogens is 455 g/mol. The molecule has 4 rings (SSSR count). The van der Waals surface area contributed by atoms with Gasteiger partial charge < -0.3 is 20.3 Å². The molecule has 2 amide bonds. The predicted octanol–water partition coefficient (Wildman–Crippen LogP) is 3.75. The van der Waals surface area contributed by atoms with Crippen LogP contribution in [-0.2, 0) is 9.53 Å². The van der Waals surface area contributed by atoms with Crippen molar-refractivity contribution in [3.8, 4) is 11.1 Å². The Balaban J connectivity index is 1.41. The van der Waals surface area contributed by atoms with Crippen LogP contribution in [0.1, 0.15) is 34.3 Å². The third-order valence-corrected chi connectivity index (χ3v) is 5.80. The first-order valence-corrected chi connectivity index (χ1v) is 10.8. The summed E-state index contributed by atoms with van der Waals surface area (Å²) in [5.74, 6) is -3.28. The van der Waals surface area contributed by atoms with Crippen molar-refractivity contribution in [2.45, 2.75) is 18.4 Å². The molecule has 3 aromatic rings. The van der Waals surface area contributed by atoms with Gasteiger partial charge in [0.1, 0.15) is 12.4 Å². The number of halogens is 1. The molecule has 0 bridgehead atoms. The largest absolute Gasteiger partial charge is 0.479 e. The van der Waals surface area contributed by atoms with E-state index in [-0.39, 0.29) is 23.8 Å². The van der Waals surface area contributed by atoms with Crippen molar-refractivity contribution in [1.29, 1.82) is 0 Å². The molecule has 0 saturated heterocycles. The van der Waals surface area contributed by atoms with Gasteiger partial charge in [-0.05, 0) is 47.4 Å². The van der Waals surface area contributed by atoms with Gasteiger partial charge in [-0.3, -0.25) is 10.1 Å². The zero-order chi connectivity index (χ0) is 25.2. The van der Waals surface area contributed by atoms with Crippen LogP contribution in [0, 0.1) is 5.82 Å². The van der Waals surface area contributed by atoms with Gasteiger partial charge in [-0.15, -0.1) is 0 Å². The molecule has 1 unspecified atom stereocenters. The number of carboxylic acids is 1. The highest BCUT2D eigenvalue weighted by molar-refractivity contribution is 5.96. The van der Waals surface area contributed by atoms with E-state index in [2.05, 4.69) is 10.6 Å². The topological polar surface area (TPSA) is 125 Å². The highest BCUT2D eigenvalue weighted by atomic mass is 19.1. The molecule has 0 fully saturated rings. The Bertz CT molecular complexity index is 1260. The van der Waals surface area contributed by atoms with Crippen molar-refractivity contribution >= 4 is 23.7 Å². The lowest BCUT2D eigenvalue weighted by Crippen LogP contribution is -2.46. The number of aliphatic carboxylic acids is 1. The molecule has 9 heteroatoms. The maximum absolute atomic E-state index is 14.1. The molecule has 1 aliphatic carbocycles. The Kier molecular flexibility index (Phi) is 6.52. The third-order valence-electron chi connectivity index (χ3n) is 5.80. The third kappa shape index (κ3) is 5.15. The van der Waals surface area contributed by atoms with Gasteiger partial charge in [0.05, 0.1) is 6.54 Å². The zero-order valence-electron chi connectivity index (χ0n) is 18.7. The first-order chi connectivity index (χ1) is 16.7. The fraction of sp³-hybridized carbons (Fsp3) is 0.192. The minimum absolute atomic E-state index is 0.0163. The molecule has 0 radical (unpaired) electrons. The van der Waals surface area contributed by atoms with E-state index in [4.69, 9.17) is 9.84 Å². The number of hydrogen-bond acceptors (Lipinski definition) is 5. The number of aliphatic hydroxyl groups is 1. The highest BCUT2D eigenvalue weighted by Gasteiger charge is 2.31. The van der Waals surface area contributed by atoms with Crippen LogP contribution in [0.2, 0.25) is 0 Å². The molecular formula is C26H23FN2O6. The lowest BCUT2D eigenvalue weighted by atomic mass is 9.98. The average Bonchev–Trinajstić information content (AvgIpc) is 3.14. The van der Waals surface area contributed by atoms with Crippen molar-refractivity contribution in [3.63, 3.8) is 0 Å². The van der Waals surface area contributed by atoms with Gasteiger partial charge in [0.2, 0.25) is 0 Å². The number of ether oxygens (including phenoxy) is 1. The van der Waals surface area contributed by atoms with Crippen molar-refractivity contribution in [3.05, 3.63) is 89.2 Å². The van der Waals surface area contributed by atoms with Crippen LogP contribution in [0.15, 0.2) is 66.7 Å². The molecule has 0 spiro atoms. The molecule has 1 aliphatic rings. The second-order valence-corrected chi connectivity index (χ2v) is 8.44. The molecule has 8 nitrogen and oxygen atoms in total. The summed E-state index contributed by atoms with van der Waals surface area (Å²) >= 11 is 0. The summed E-state index contributed by atoms with van der Waals surface area (Å²) in [4.78, 5) is 35.7. The van der Waals surface area contributed by atoms with Crippen LogP contribution < -0.4 is 10.6 Å². The van der Waals surface area contributed by atoms with Gasteiger partial charge in [0.25, 0.3) is 5.91 Å². The molecule has 0 heterocycles. The zero-order valence-corrected chi connectivity index (χ0v) is 18.7. The van der Waals surface area contributed by atoms with Crippen molar-refractivity contribution in [2.24, 2.45) is 0 Å². The molecule has 3 aromatic carbocycles. The van der Waals surface area contributed by atoms with Crippen LogP contribution in [-0.4, -0.2) is 46.9 Å². The second-order valence-electron chi connectivity index (χ2n) is 8.44. The minimum atomic E-state index is -2.19. The van der Waals surface area contributed by atoms with E-state index in [9.17, 15) is 23.9 Å². The van der Waals surface area contributed by atoms with Gasteiger partial charge in [-0.25, -0.2) is 14.0 Å². The molecule has 1 atom stereocenters. The van der Waals surface area contributed by atoms with Crippen molar-refractivity contribution < 1.29 is 33.7 Å². The van der Waals surface area contributed by atoms with E-state index in [1.54, 1.807) is 0 Å². The van der Waals surface area contributed by atoms with Gasteiger partial charge >= 0.3 is 12.1 Å². The molecule has 180 valence electrons. The number of amides is 2. The number of anilines is 1. The molecule has 4 N–H and O–H groups in total. The van der Waals surface area contributed by atoms with Gasteiger partial charge in [0.15, 0.2) is 5.60 Å². The summed E-state index contributed by atoms with van der Waals surface area (Å²) in [5.41, 5.74) is 1.88.